The number of nitrogens with one attached hydrogen (secondary N) is 1. The van der Waals surface area contributed by atoms with E-state index < -0.39 is 17.8 Å². The van der Waals surface area contributed by atoms with E-state index in [0.29, 0.717) is 5.75 Å². The zero-order chi connectivity index (χ0) is 18.4. The van der Waals surface area contributed by atoms with E-state index in [0.717, 1.165) is 5.56 Å². The van der Waals surface area contributed by atoms with Crippen LogP contribution in [0.15, 0.2) is 48.5 Å². The van der Waals surface area contributed by atoms with Crippen molar-refractivity contribution in [1.29, 1.82) is 5.26 Å². The normalized spacial score (nSPS) is 12.1. The first-order valence-corrected chi connectivity index (χ1v) is 7.98. The highest BCUT2D eigenvalue weighted by Gasteiger charge is 2.20. The van der Waals surface area contributed by atoms with Crippen LogP contribution in [0.5, 0.6) is 5.75 Å². The summed E-state index contributed by atoms with van der Waals surface area (Å²) in [5.74, 6) is -0.406. The summed E-state index contributed by atoms with van der Waals surface area (Å²) in [6.07, 6.45) is 0. The number of nitriles is 1. The Morgan fingerprint density at radius 2 is 1.84 bits per heavy atom. The van der Waals surface area contributed by atoms with Gasteiger partial charge in [-0.05, 0) is 23.1 Å². The van der Waals surface area contributed by atoms with E-state index in [4.69, 9.17) is 4.74 Å². The lowest BCUT2D eigenvalue weighted by atomic mass is 9.86. The first-order chi connectivity index (χ1) is 11.8. The van der Waals surface area contributed by atoms with Crippen LogP contribution >= 0.6 is 0 Å². The molecule has 5 heteroatoms. The number of halogens is 1. The topological polar surface area (TPSA) is 62.1 Å². The van der Waals surface area contributed by atoms with Crippen molar-refractivity contribution in [3.8, 4) is 11.8 Å². The van der Waals surface area contributed by atoms with Crippen LogP contribution in [0.3, 0.4) is 0 Å². The predicted octanol–water partition coefficient (Wildman–Crippen LogP) is 3.88. The highest BCUT2D eigenvalue weighted by molar-refractivity contribution is 5.78. The molecule has 1 amide bonds. The number of benzene rings is 2. The van der Waals surface area contributed by atoms with E-state index in [2.05, 4.69) is 26.1 Å². The molecule has 0 saturated heterocycles. The van der Waals surface area contributed by atoms with Crippen molar-refractivity contribution in [2.75, 3.05) is 6.61 Å². The molecule has 0 aliphatic heterocycles. The fraction of sp³-hybridized carbons (Fsp3) is 0.300. The van der Waals surface area contributed by atoms with E-state index in [9.17, 15) is 14.4 Å². The third-order valence-corrected chi connectivity index (χ3v) is 3.70. The molecule has 0 heterocycles. The lowest BCUT2D eigenvalue weighted by Gasteiger charge is -2.22. The zero-order valence-electron chi connectivity index (χ0n) is 14.5. The van der Waals surface area contributed by atoms with Crippen LogP contribution in [0.25, 0.3) is 0 Å². The number of amides is 1. The molecule has 0 spiro atoms. The van der Waals surface area contributed by atoms with Crippen molar-refractivity contribution in [2.24, 2.45) is 0 Å². The minimum Gasteiger partial charge on any atom is -0.483 e. The van der Waals surface area contributed by atoms with Gasteiger partial charge in [0.15, 0.2) is 6.61 Å². The van der Waals surface area contributed by atoms with Crippen molar-refractivity contribution in [2.45, 2.75) is 32.2 Å². The van der Waals surface area contributed by atoms with E-state index in [1.165, 1.54) is 18.2 Å². The maximum Gasteiger partial charge on any atom is 0.259 e. The van der Waals surface area contributed by atoms with Crippen LogP contribution < -0.4 is 10.1 Å². The summed E-state index contributed by atoms with van der Waals surface area (Å²) in [5.41, 5.74) is 0.984. The number of para-hydroxylation sites is 1. The molecule has 1 atom stereocenters. The molecule has 2 rings (SSSR count). The van der Waals surface area contributed by atoms with Gasteiger partial charge in [-0.2, -0.15) is 5.26 Å². The van der Waals surface area contributed by atoms with E-state index in [1.54, 1.807) is 12.1 Å². The molecule has 2 aromatic carbocycles. The van der Waals surface area contributed by atoms with Crippen LogP contribution in [0.4, 0.5) is 4.39 Å². The van der Waals surface area contributed by atoms with Crippen LogP contribution in [0.2, 0.25) is 0 Å². The minimum atomic E-state index is -1.06. The molecular formula is C20H21FN2O2. The monoisotopic (exact) mass is 340 g/mol. The smallest absolute Gasteiger partial charge is 0.259 e. The fourth-order valence-electron chi connectivity index (χ4n) is 2.45. The van der Waals surface area contributed by atoms with Crippen LogP contribution in [-0.2, 0) is 10.2 Å². The van der Waals surface area contributed by atoms with Crippen molar-refractivity contribution >= 4 is 5.91 Å². The Labute approximate surface area is 147 Å². The number of hydrogen-bond acceptors (Lipinski definition) is 3. The molecule has 25 heavy (non-hydrogen) atoms. The van der Waals surface area contributed by atoms with Gasteiger partial charge < -0.3 is 10.1 Å². The van der Waals surface area contributed by atoms with Crippen LogP contribution in [0.1, 0.15) is 37.9 Å². The second kappa shape index (κ2) is 7.80. The molecular weight excluding hydrogens is 319 g/mol. The third kappa shape index (κ3) is 4.80. The first kappa shape index (κ1) is 18.5. The Morgan fingerprint density at radius 3 is 2.48 bits per heavy atom. The molecule has 0 aliphatic rings. The van der Waals surface area contributed by atoms with Gasteiger partial charge >= 0.3 is 0 Å². The molecule has 0 radical (unpaired) electrons. The predicted molar refractivity (Wildman–Crippen MR) is 93.5 cm³/mol. The van der Waals surface area contributed by atoms with Gasteiger partial charge in [0.1, 0.15) is 17.6 Å². The van der Waals surface area contributed by atoms with Gasteiger partial charge in [0, 0.05) is 5.56 Å². The molecule has 0 aliphatic carbocycles. The van der Waals surface area contributed by atoms with Crippen LogP contribution in [-0.4, -0.2) is 12.5 Å². The number of carbonyl (C=O) groups is 1. The zero-order valence-corrected chi connectivity index (χ0v) is 14.5. The van der Waals surface area contributed by atoms with Crippen LogP contribution in [0, 0.1) is 17.1 Å². The second-order valence-corrected chi connectivity index (χ2v) is 6.69. The Morgan fingerprint density at radius 1 is 1.20 bits per heavy atom. The highest BCUT2D eigenvalue weighted by Crippen LogP contribution is 2.30. The SMILES string of the molecule is CC(C)(C)c1ccccc1OCC(=O)NC(C#N)c1ccccc1F. The van der Waals surface area contributed by atoms with Gasteiger partial charge in [-0.3, -0.25) is 4.79 Å². The summed E-state index contributed by atoms with van der Waals surface area (Å²) < 4.78 is 19.4. The maximum atomic E-state index is 13.8. The van der Waals surface area contributed by atoms with Gasteiger partial charge in [0.2, 0.25) is 0 Å². The Balaban J connectivity index is 2.04. The van der Waals surface area contributed by atoms with Gasteiger partial charge in [-0.15, -0.1) is 0 Å². The summed E-state index contributed by atoms with van der Waals surface area (Å²) in [6, 6.07) is 14.2. The number of rotatable bonds is 5. The summed E-state index contributed by atoms with van der Waals surface area (Å²) in [5, 5.41) is 11.7. The molecule has 4 nitrogen and oxygen atoms in total. The summed E-state index contributed by atoms with van der Waals surface area (Å²) in [4.78, 5) is 12.1. The van der Waals surface area contributed by atoms with E-state index in [1.807, 2.05) is 24.3 Å². The molecule has 1 unspecified atom stereocenters. The van der Waals surface area contributed by atoms with Crippen molar-refractivity contribution in [3.63, 3.8) is 0 Å². The lowest BCUT2D eigenvalue weighted by molar-refractivity contribution is -0.123. The number of hydrogen-bond donors (Lipinski definition) is 1. The highest BCUT2D eigenvalue weighted by atomic mass is 19.1. The average Bonchev–Trinajstić information content (AvgIpc) is 2.58. The van der Waals surface area contributed by atoms with Gasteiger partial charge in [0.25, 0.3) is 5.91 Å². The van der Waals surface area contributed by atoms with Crippen molar-refractivity contribution in [3.05, 3.63) is 65.5 Å². The molecule has 0 fully saturated rings. The molecule has 130 valence electrons. The summed E-state index contributed by atoms with van der Waals surface area (Å²) >= 11 is 0. The van der Waals surface area contributed by atoms with Crippen molar-refractivity contribution < 1.29 is 13.9 Å². The maximum absolute atomic E-state index is 13.8. The minimum absolute atomic E-state index is 0.130. The number of carbonyl (C=O) groups excluding carboxylic acids is 1. The van der Waals surface area contributed by atoms with E-state index in [-0.39, 0.29) is 17.6 Å². The molecule has 1 N–H and O–H groups in total. The number of nitrogens with zero attached hydrogens (tertiary/aromatic N) is 1. The molecule has 0 saturated carbocycles. The van der Waals surface area contributed by atoms with Gasteiger partial charge in [-0.25, -0.2) is 4.39 Å². The third-order valence-electron chi connectivity index (χ3n) is 3.70. The number of ether oxygens (including phenoxy) is 1. The summed E-state index contributed by atoms with van der Waals surface area (Å²) in [7, 11) is 0. The first-order valence-electron chi connectivity index (χ1n) is 7.98. The molecule has 2 aromatic rings. The van der Waals surface area contributed by atoms with Gasteiger partial charge in [-0.1, -0.05) is 57.2 Å². The van der Waals surface area contributed by atoms with Gasteiger partial charge in [0.05, 0.1) is 6.07 Å². The fourth-order valence-corrected chi connectivity index (χ4v) is 2.45. The second-order valence-electron chi connectivity index (χ2n) is 6.69. The molecule has 0 aromatic heterocycles. The Hall–Kier alpha value is -2.87. The quantitative estimate of drug-likeness (QED) is 0.898. The lowest BCUT2D eigenvalue weighted by Crippen LogP contribution is -2.32. The summed E-state index contributed by atoms with van der Waals surface area (Å²) in [6.45, 7) is 5.91. The van der Waals surface area contributed by atoms with Crippen molar-refractivity contribution in [1.82, 2.24) is 5.32 Å². The Bertz CT molecular complexity index is 791. The largest absolute Gasteiger partial charge is 0.483 e. The molecule has 0 bridgehead atoms. The Kier molecular flexibility index (Phi) is 5.76. The van der Waals surface area contributed by atoms with E-state index >= 15 is 0 Å². The standard InChI is InChI=1S/C20H21FN2O2/c1-20(2,3)15-9-5-7-11-18(15)25-13-19(24)23-17(12-22)14-8-4-6-10-16(14)21/h4-11,17H,13H2,1-3H3,(H,23,24). The average molecular weight is 340 g/mol.